The quantitative estimate of drug-likeness (QED) is 0.550. The molecule has 3 nitrogen and oxygen atoms in total. The van der Waals surface area contributed by atoms with Crippen LogP contribution in [0.1, 0.15) is 17.3 Å². The number of nitrogens with two attached hydrogens (primary N) is 1. The van der Waals surface area contributed by atoms with Gasteiger partial charge in [0, 0.05) is 11.9 Å². The van der Waals surface area contributed by atoms with Crippen LogP contribution in [0.2, 0.25) is 0 Å². The van der Waals surface area contributed by atoms with Crippen molar-refractivity contribution in [1.82, 2.24) is 4.98 Å². The predicted molar refractivity (Wildman–Crippen MR) is 37.4 cm³/mol. The van der Waals surface area contributed by atoms with Gasteiger partial charge in [0.25, 0.3) is 0 Å². The minimum absolute atomic E-state index is 0.0648. The van der Waals surface area contributed by atoms with Crippen molar-refractivity contribution in [3.05, 3.63) is 23.5 Å². The highest BCUT2D eigenvalue weighted by molar-refractivity contribution is 5.25. The summed E-state index contributed by atoms with van der Waals surface area (Å²) in [6, 6.07) is 2.08. The molecule has 0 saturated heterocycles. The molecule has 1 aliphatic rings. The fourth-order valence-corrected chi connectivity index (χ4v) is 1.27. The third-order valence-electron chi connectivity index (χ3n) is 1.81. The summed E-state index contributed by atoms with van der Waals surface area (Å²) in [5.41, 5.74) is 8.07. The van der Waals surface area contributed by atoms with Gasteiger partial charge in [0.1, 0.15) is 0 Å². The Morgan fingerprint density at radius 2 is 2.60 bits per heavy atom. The average Bonchev–Trinajstić information content (AvgIpc) is 2.36. The van der Waals surface area contributed by atoms with E-state index in [4.69, 9.17) is 10.5 Å². The molecule has 3 N–H and O–H groups in total. The van der Waals surface area contributed by atoms with Crippen molar-refractivity contribution in [2.24, 2.45) is 5.73 Å². The molecule has 0 aromatic carbocycles. The summed E-state index contributed by atoms with van der Waals surface area (Å²) >= 11 is 0. The Labute approximate surface area is 59.2 Å². The van der Waals surface area contributed by atoms with Gasteiger partial charge in [-0.25, -0.2) is 0 Å². The first kappa shape index (κ1) is 5.95. The van der Waals surface area contributed by atoms with Gasteiger partial charge in [-0.2, -0.15) is 0 Å². The van der Waals surface area contributed by atoms with Crippen molar-refractivity contribution in [2.45, 2.75) is 12.6 Å². The molecular weight excluding hydrogens is 128 g/mol. The number of nitrogens with one attached hydrogen (secondary N) is 1. The first-order valence-electron chi connectivity index (χ1n) is 3.37. The lowest BCUT2D eigenvalue weighted by Gasteiger charge is -2.18. The van der Waals surface area contributed by atoms with Crippen molar-refractivity contribution in [1.29, 1.82) is 0 Å². The minimum Gasteiger partial charge on any atom is -0.373 e. The van der Waals surface area contributed by atoms with E-state index in [2.05, 4.69) is 4.98 Å². The maximum Gasteiger partial charge on any atom is 0.0870 e. The highest BCUT2D eigenvalue weighted by Crippen LogP contribution is 2.20. The molecule has 1 atom stereocenters. The highest BCUT2D eigenvalue weighted by Gasteiger charge is 2.16. The highest BCUT2D eigenvalue weighted by atomic mass is 16.5. The second-order valence-corrected chi connectivity index (χ2v) is 2.53. The molecule has 54 valence electrons. The molecule has 3 heteroatoms. The van der Waals surface area contributed by atoms with Gasteiger partial charge in [-0.3, -0.25) is 0 Å². The van der Waals surface area contributed by atoms with Crippen LogP contribution in [-0.4, -0.2) is 11.6 Å². The van der Waals surface area contributed by atoms with Gasteiger partial charge in [0.05, 0.1) is 19.3 Å². The number of fused-ring (bicyclic) bond motifs is 1. The number of ether oxygens (including phenoxy) is 1. The smallest absolute Gasteiger partial charge is 0.0870 e. The number of hydrogen-bond acceptors (Lipinski definition) is 2. The topological polar surface area (TPSA) is 51.0 Å². The molecule has 0 radical (unpaired) electrons. The molecule has 2 heterocycles. The molecule has 0 aliphatic carbocycles. The van der Waals surface area contributed by atoms with E-state index in [-0.39, 0.29) is 6.04 Å². The molecule has 1 aliphatic heterocycles. The Bertz CT molecular complexity index is 231. The standard InChI is InChI=1S/C7H10N2O/c8-6-3-10-4-7-5(6)1-2-9-7/h1-2,6,9H,3-4,8H2. The van der Waals surface area contributed by atoms with Gasteiger partial charge in [-0.1, -0.05) is 0 Å². The van der Waals surface area contributed by atoms with Gasteiger partial charge in [-0.05, 0) is 11.6 Å². The molecule has 1 aromatic rings. The Kier molecular flexibility index (Phi) is 1.25. The van der Waals surface area contributed by atoms with E-state index in [1.165, 1.54) is 5.56 Å². The van der Waals surface area contributed by atoms with E-state index in [0.717, 1.165) is 5.69 Å². The molecule has 0 amide bonds. The van der Waals surface area contributed by atoms with E-state index in [9.17, 15) is 0 Å². The molecule has 0 fully saturated rings. The summed E-state index contributed by atoms with van der Waals surface area (Å²) in [7, 11) is 0. The Morgan fingerprint density at radius 3 is 3.40 bits per heavy atom. The zero-order valence-electron chi connectivity index (χ0n) is 5.63. The maximum atomic E-state index is 5.75. The van der Waals surface area contributed by atoms with Crippen molar-refractivity contribution in [2.75, 3.05) is 6.61 Å². The van der Waals surface area contributed by atoms with Crippen LogP contribution in [0.3, 0.4) is 0 Å². The number of rotatable bonds is 0. The molecule has 1 unspecified atom stereocenters. The van der Waals surface area contributed by atoms with Crippen LogP contribution in [0.4, 0.5) is 0 Å². The van der Waals surface area contributed by atoms with Gasteiger partial charge >= 0.3 is 0 Å². The largest absolute Gasteiger partial charge is 0.373 e. The molecule has 0 saturated carbocycles. The third-order valence-corrected chi connectivity index (χ3v) is 1.81. The average molecular weight is 138 g/mol. The second-order valence-electron chi connectivity index (χ2n) is 2.53. The molecule has 2 rings (SSSR count). The molecule has 0 spiro atoms. The lowest BCUT2D eigenvalue weighted by atomic mass is 10.1. The summed E-state index contributed by atoms with van der Waals surface area (Å²) in [6.45, 7) is 1.32. The van der Waals surface area contributed by atoms with Crippen molar-refractivity contribution < 1.29 is 4.74 Å². The second kappa shape index (κ2) is 2.11. The Morgan fingerprint density at radius 1 is 1.70 bits per heavy atom. The number of aromatic amines is 1. The summed E-state index contributed by atoms with van der Waals surface area (Å²) in [5.74, 6) is 0. The summed E-state index contributed by atoms with van der Waals surface area (Å²) in [4.78, 5) is 3.08. The summed E-state index contributed by atoms with van der Waals surface area (Å²) < 4.78 is 5.21. The molecule has 0 bridgehead atoms. The lowest BCUT2D eigenvalue weighted by Crippen LogP contribution is -2.22. The molecule has 10 heavy (non-hydrogen) atoms. The fourth-order valence-electron chi connectivity index (χ4n) is 1.27. The van der Waals surface area contributed by atoms with Gasteiger partial charge < -0.3 is 15.5 Å². The van der Waals surface area contributed by atoms with E-state index in [1.54, 1.807) is 0 Å². The molecule has 1 aromatic heterocycles. The zero-order valence-corrected chi connectivity index (χ0v) is 5.63. The normalized spacial score (nSPS) is 24.3. The maximum absolute atomic E-state index is 5.75. The van der Waals surface area contributed by atoms with Crippen LogP contribution in [0.15, 0.2) is 12.3 Å². The van der Waals surface area contributed by atoms with Crippen LogP contribution >= 0.6 is 0 Å². The number of aromatic nitrogens is 1. The van der Waals surface area contributed by atoms with E-state index in [1.807, 2.05) is 12.3 Å². The van der Waals surface area contributed by atoms with Crippen molar-refractivity contribution in [3.8, 4) is 0 Å². The van der Waals surface area contributed by atoms with Crippen LogP contribution in [-0.2, 0) is 11.3 Å². The summed E-state index contributed by atoms with van der Waals surface area (Å²) in [6.07, 6.45) is 1.90. The van der Waals surface area contributed by atoms with Crippen LogP contribution in [0, 0.1) is 0 Å². The Hall–Kier alpha value is -0.800. The zero-order chi connectivity index (χ0) is 6.97. The van der Waals surface area contributed by atoms with Gasteiger partial charge in [0.2, 0.25) is 0 Å². The van der Waals surface area contributed by atoms with Gasteiger partial charge in [0.15, 0.2) is 0 Å². The van der Waals surface area contributed by atoms with Crippen molar-refractivity contribution in [3.63, 3.8) is 0 Å². The van der Waals surface area contributed by atoms with Crippen LogP contribution < -0.4 is 5.73 Å². The van der Waals surface area contributed by atoms with Gasteiger partial charge in [-0.15, -0.1) is 0 Å². The van der Waals surface area contributed by atoms with E-state index >= 15 is 0 Å². The number of H-pyrrole nitrogens is 1. The van der Waals surface area contributed by atoms with Crippen LogP contribution in [0.25, 0.3) is 0 Å². The Balaban J connectivity index is 2.41. The molecular formula is C7H10N2O. The minimum atomic E-state index is 0.0648. The third kappa shape index (κ3) is 0.751. The lowest BCUT2D eigenvalue weighted by molar-refractivity contribution is 0.0903. The van der Waals surface area contributed by atoms with Crippen LogP contribution in [0.5, 0.6) is 0 Å². The first-order chi connectivity index (χ1) is 4.88. The number of hydrogen-bond donors (Lipinski definition) is 2. The van der Waals surface area contributed by atoms with E-state index in [0.29, 0.717) is 13.2 Å². The predicted octanol–water partition coefficient (Wildman–Crippen LogP) is 0.545. The fraction of sp³-hybridized carbons (Fsp3) is 0.429. The van der Waals surface area contributed by atoms with E-state index < -0.39 is 0 Å². The SMILES string of the molecule is NC1COCc2[nH]ccc21. The van der Waals surface area contributed by atoms with Crippen molar-refractivity contribution >= 4 is 0 Å². The monoisotopic (exact) mass is 138 g/mol. The first-order valence-corrected chi connectivity index (χ1v) is 3.37. The summed E-state index contributed by atoms with van der Waals surface area (Å²) in [5, 5.41) is 0.